The Hall–Kier alpha value is -2.90. The number of benzene rings is 2. The second kappa shape index (κ2) is 8.00. The van der Waals surface area contributed by atoms with Crippen molar-refractivity contribution >= 4 is 22.6 Å². The maximum absolute atomic E-state index is 12.6. The van der Waals surface area contributed by atoms with Crippen molar-refractivity contribution in [3.63, 3.8) is 0 Å². The third-order valence-electron chi connectivity index (χ3n) is 4.66. The lowest BCUT2D eigenvalue weighted by Gasteiger charge is -2.10. The number of anilines is 1. The van der Waals surface area contributed by atoms with Crippen LogP contribution in [0.15, 0.2) is 48.5 Å². The highest BCUT2D eigenvalue weighted by atomic mass is 16.5. The van der Waals surface area contributed by atoms with E-state index >= 15 is 0 Å². The van der Waals surface area contributed by atoms with Crippen molar-refractivity contribution in [1.82, 2.24) is 20.6 Å². The van der Waals surface area contributed by atoms with Crippen LogP contribution in [0.3, 0.4) is 0 Å². The maximum atomic E-state index is 12.6. The molecule has 7 heteroatoms. The fourth-order valence-electron chi connectivity index (χ4n) is 3.35. The molecular formula is C21H25N5O2. The molecule has 1 atom stereocenters. The normalized spacial score (nSPS) is 16.6. The van der Waals surface area contributed by atoms with Gasteiger partial charge in [0.25, 0.3) is 0 Å². The van der Waals surface area contributed by atoms with Gasteiger partial charge in [0.1, 0.15) is 11.8 Å². The summed E-state index contributed by atoms with van der Waals surface area (Å²) in [5, 5.41) is 8.57. The summed E-state index contributed by atoms with van der Waals surface area (Å²) in [5.74, 6) is 1.27. The van der Waals surface area contributed by atoms with Crippen LogP contribution in [0.25, 0.3) is 10.9 Å². The van der Waals surface area contributed by atoms with Gasteiger partial charge in [-0.25, -0.2) is 5.43 Å². The number of nitrogens with one attached hydrogen (secondary N) is 3. The third kappa shape index (κ3) is 4.00. The molecule has 1 saturated heterocycles. The zero-order valence-electron chi connectivity index (χ0n) is 16.1. The summed E-state index contributed by atoms with van der Waals surface area (Å²) in [6.45, 7) is 5.39. The molecule has 0 aliphatic carbocycles. The number of nitrogens with zero attached hydrogens (tertiary/aromatic N) is 2. The van der Waals surface area contributed by atoms with Crippen molar-refractivity contribution < 1.29 is 9.53 Å². The van der Waals surface area contributed by atoms with Gasteiger partial charge in [0.05, 0.1) is 18.2 Å². The molecule has 2 aromatic carbocycles. The van der Waals surface area contributed by atoms with E-state index in [0.29, 0.717) is 12.4 Å². The van der Waals surface area contributed by atoms with Gasteiger partial charge >= 0.3 is 0 Å². The van der Waals surface area contributed by atoms with Crippen LogP contribution >= 0.6 is 0 Å². The molecule has 0 spiro atoms. The van der Waals surface area contributed by atoms with E-state index in [1.807, 2.05) is 54.9 Å². The molecule has 3 aromatic rings. The highest BCUT2D eigenvalue weighted by Crippen LogP contribution is 2.28. The van der Waals surface area contributed by atoms with Gasteiger partial charge in [0, 0.05) is 18.0 Å². The lowest BCUT2D eigenvalue weighted by Crippen LogP contribution is -2.39. The molecule has 4 rings (SSSR count). The predicted molar refractivity (Wildman–Crippen MR) is 109 cm³/mol. The van der Waals surface area contributed by atoms with Crippen molar-refractivity contribution in [1.29, 1.82) is 0 Å². The van der Waals surface area contributed by atoms with Crippen LogP contribution in [-0.4, -0.2) is 34.4 Å². The average Bonchev–Trinajstić information content (AvgIpc) is 3.31. The monoisotopic (exact) mass is 379 g/mol. The van der Waals surface area contributed by atoms with E-state index < -0.39 is 0 Å². The van der Waals surface area contributed by atoms with E-state index in [1.54, 1.807) is 0 Å². The van der Waals surface area contributed by atoms with Crippen molar-refractivity contribution in [2.75, 3.05) is 11.9 Å². The SMILES string of the molecule is CC(C)Oc1ccc2c(NC(=O)C3CCNN3)nn(Cc3ccccc3)c2c1. The second-order valence-corrected chi connectivity index (χ2v) is 7.24. The first kappa shape index (κ1) is 18.5. The molecule has 1 fully saturated rings. The summed E-state index contributed by atoms with van der Waals surface area (Å²) in [5.41, 5.74) is 8.04. The third-order valence-corrected chi connectivity index (χ3v) is 4.66. The van der Waals surface area contributed by atoms with Gasteiger partial charge in [0.2, 0.25) is 5.91 Å². The van der Waals surface area contributed by atoms with E-state index in [1.165, 1.54) is 0 Å². The zero-order valence-corrected chi connectivity index (χ0v) is 16.1. The molecule has 0 radical (unpaired) electrons. The number of ether oxygens (including phenoxy) is 1. The smallest absolute Gasteiger partial charge is 0.244 e. The molecule has 146 valence electrons. The van der Waals surface area contributed by atoms with Crippen molar-refractivity contribution in [2.24, 2.45) is 0 Å². The van der Waals surface area contributed by atoms with Gasteiger partial charge in [-0.15, -0.1) is 0 Å². The summed E-state index contributed by atoms with van der Waals surface area (Å²) < 4.78 is 7.76. The summed E-state index contributed by atoms with van der Waals surface area (Å²) in [6, 6.07) is 15.7. The molecule has 2 heterocycles. The number of hydrogen-bond acceptors (Lipinski definition) is 5. The fourth-order valence-corrected chi connectivity index (χ4v) is 3.35. The van der Waals surface area contributed by atoms with E-state index in [9.17, 15) is 4.79 Å². The number of fused-ring (bicyclic) bond motifs is 1. The van der Waals surface area contributed by atoms with Crippen molar-refractivity contribution in [3.8, 4) is 5.75 Å². The van der Waals surface area contributed by atoms with Gasteiger partial charge in [-0.3, -0.25) is 14.9 Å². The Morgan fingerprint density at radius 2 is 2.11 bits per heavy atom. The van der Waals surface area contributed by atoms with Crippen molar-refractivity contribution in [2.45, 2.75) is 39.0 Å². The number of hydrazine groups is 1. The van der Waals surface area contributed by atoms with Crippen molar-refractivity contribution in [3.05, 3.63) is 54.1 Å². The topological polar surface area (TPSA) is 80.2 Å². The quantitative estimate of drug-likeness (QED) is 0.614. The van der Waals surface area contributed by atoms with Crippen LogP contribution in [0.5, 0.6) is 5.75 Å². The molecule has 7 nitrogen and oxygen atoms in total. The Balaban J connectivity index is 1.69. The molecular weight excluding hydrogens is 354 g/mol. The Kier molecular flexibility index (Phi) is 5.27. The molecule has 0 bridgehead atoms. The van der Waals surface area contributed by atoms with Crippen LogP contribution in [0.4, 0.5) is 5.82 Å². The summed E-state index contributed by atoms with van der Waals surface area (Å²) >= 11 is 0. The van der Waals surface area contributed by atoms with Gasteiger partial charge in [0.15, 0.2) is 5.82 Å². The standard InChI is InChI=1S/C21H25N5O2/c1-14(2)28-16-8-9-17-19(12-16)26(13-15-6-4-3-5-7-15)25-20(17)23-21(27)18-10-11-22-24-18/h3-9,12,14,18,22,24H,10-11,13H2,1-2H3,(H,23,25,27). The fraction of sp³-hybridized carbons (Fsp3) is 0.333. The summed E-state index contributed by atoms with van der Waals surface area (Å²) in [7, 11) is 0. The molecule has 0 saturated carbocycles. The van der Waals surface area contributed by atoms with Gasteiger partial charge in [-0.2, -0.15) is 5.10 Å². The first-order valence-electron chi connectivity index (χ1n) is 9.60. The molecule has 3 N–H and O–H groups in total. The van der Waals surface area contributed by atoms with Crippen LogP contribution in [0, 0.1) is 0 Å². The largest absolute Gasteiger partial charge is 0.491 e. The highest BCUT2D eigenvalue weighted by molar-refractivity contribution is 6.02. The predicted octanol–water partition coefficient (Wildman–Crippen LogP) is 2.68. The lowest BCUT2D eigenvalue weighted by molar-refractivity contribution is -0.117. The summed E-state index contributed by atoms with van der Waals surface area (Å²) in [6.07, 6.45) is 0.837. The number of carbonyl (C=O) groups excluding carboxylic acids is 1. The molecule has 1 aliphatic rings. The molecule has 28 heavy (non-hydrogen) atoms. The van der Waals surface area contributed by atoms with Crippen LogP contribution < -0.4 is 20.9 Å². The van der Waals surface area contributed by atoms with E-state index in [4.69, 9.17) is 9.84 Å². The number of aromatic nitrogens is 2. The number of hydrogen-bond donors (Lipinski definition) is 3. The van der Waals surface area contributed by atoms with Gasteiger partial charge in [-0.05, 0) is 38.0 Å². The molecule has 1 amide bonds. The van der Waals surface area contributed by atoms with E-state index in [-0.39, 0.29) is 18.1 Å². The van der Waals surface area contributed by atoms with E-state index in [2.05, 4.69) is 28.3 Å². The highest BCUT2D eigenvalue weighted by Gasteiger charge is 2.24. The van der Waals surface area contributed by atoms with Gasteiger partial charge < -0.3 is 10.1 Å². The molecule has 1 aromatic heterocycles. The van der Waals surface area contributed by atoms with Crippen LogP contribution in [-0.2, 0) is 11.3 Å². The average molecular weight is 379 g/mol. The number of rotatable bonds is 6. The minimum atomic E-state index is -0.252. The van der Waals surface area contributed by atoms with Crippen LogP contribution in [0.2, 0.25) is 0 Å². The van der Waals surface area contributed by atoms with Crippen LogP contribution in [0.1, 0.15) is 25.8 Å². The van der Waals surface area contributed by atoms with Gasteiger partial charge in [-0.1, -0.05) is 30.3 Å². The number of amides is 1. The first-order chi connectivity index (χ1) is 13.6. The maximum Gasteiger partial charge on any atom is 0.244 e. The molecule has 1 unspecified atom stereocenters. The minimum absolute atomic E-state index is 0.0845. The number of carbonyl (C=O) groups is 1. The van der Waals surface area contributed by atoms with E-state index in [0.717, 1.165) is 35.2 Å². The zero-order chi connectivity index (χ0) is 19.5. The second-order valence-electron chi connectivity index (χ2n) is 7.24. The summed E-state index contributed by atoms with van der Waals surface area (Å²) in [4.78, 5) is 12.6. The molecule has 1 aliphatic heterocycles. The Labute approximate surface area is 164 Å². The minimum Gasteiger partial charge on any atom is -0.491 e. The lowest BCUT2D eigenvalue weighted by atomic mass is 10.2. The Bertz CT molecular complexity index is 962. The first-order valence-corrected chi connectivity index (χ1v) is 9.60. The Morgan fingerprint density at radius 3 is 2.82 bits per heavy atom. The Morgan fingerprint density at radius 1 is 1.29 bits per heavy atom.